The molecule has 0 aliphatic carbocycles. The molecule has 2 heterocycles. The normalized spacial score (nSPS) is 11.8. The molecule has 0 fully saturated rings. The minimum atomic E-state index is -1.13. The molecular weight excluding hydrogens is 446 g/mol. The van der Waals surface area contributed by atoms with Crippen LogP contribution in [0, 0.1) is 17.0 Å². The SMILES string of the molecule is Cc1nc(NCc2cc(OC(C)C(=O)O)ccc2[N+](=O)[O-])cc(-c2ccc3ncsc3c2)n1. The summed E-state index contributed by atoms with van der Waals surface area (Å²) in [6.45, 7) is 3.24. The summed E-state index contributed by atoms with van der Waals surface area (Å²) in [7, 11) is 0. The maximum Gasteiger partial charge on any atom is 0.344 e. The number of carbonyl (C=O) groups is 1. The van der Waals surface area contributed by atoms with Gasteiger partial charge >= 0.3 is 5.97 Å². The molecule has 0 saturated carbocycles. The fourth-order valence-corrected chi connectivity index (χ4v) is 3.93. The van der Waals surface area contributed by atoms with Crippen molar-refractivity contribution in [2.24, 2.45) is 0 Å². The molecule has 4 aromatic rings. The van der Waals surface area contributed by atoms with E-state index in [0.717, 1.165) is 15.8 Å². The quantitative estimate of drug-likeness (QED) is 0.285. The molecule has 2 N–H and O–H groups in total. The van der Waals surface area contributed by atoms with Gasteiger partial charge in [0.15, 0.2) is 6.10 Å². The van der Waals surface area contributed by atoms with E-state index in [2.05, 4.69) is 20.3 Å². The number of thiazole rings is 1. The van der Waals surface area contributed by atoms with Gasteiger partial charge < -0.3 is 15.2 Å². The van der Waals surface area contributed by atoms with Crippen molar-refractivity contribution in [1.29, 1.82) is 0 Å². The van der Waals surface area contributed by atoms with E-state index in [1.807, 2.05) is 18.2 Å². The topological polar surface area (TPSA) is 140 Å². The van der Waals surface area contributed by atoms with Crippen LogP contribution >= 0.6 is 11.3 Å². The second-order valence-corrected chi connectivity index (χ2v) is 8.11. The summed E-state index contributed by atoms with van der Waals surface area (Å²) >= 11 is 1.54. The molecule has 0 radical (unpaired) electrons. The number of carboxylic acids is 1. The molecule has 0 spiro atoms. The number of rotatable bonds is 8. The van der Waals surface area contributed by atoms with E-state index in [0.29, 0.717) is 22.9 Å². The fourth-order valence-electron chi connectivity index (χ4n) is 3.22. The van der Waals surface area contributed by atoms with Gasteiger partial charge in [-0.3, -0.25) is 10.1 Å². The van der Waals surface area contributed by atoms with Crippen LogP contribution in [0.1, 0.15) is 18.3 Å². The molecule has 4 rings (SSSR count). The smallest absolute Gasteiger partial charge is 0.344 e. The van der Waals surface area contributed by atoms with Crippen LogP contribution in [-0.4, -0.2) is 37.1 Å². The van der Waals surface area contributed by atoms with E-state index in [-0.39, 0.29) is 18.0 Å². The minimum absolute atomic E-state index is 0.0821. The molecule has 2 aromatic heterocycles. The van der Waals surface area contributed by atoms with Gasteiger partial charge in [0.1, 0.15) is 17.4 Å². The van der Waals surface area contributed by atoms with Gasteiger partial charge in [-0.25, -0.2) is 19.7 Å². The van der Waals surface area contributed by atoms with Crippen LogP contribution in [0.2, 0.25) is 0 Å². The number of ether oxygens (including phenoxy) is 1. The lowest BCUT2D eigenvalue weighted by molar-refractivity contribution is -0.385. The Hall–Kier alpha value is -4.12. The van der Waals surface area contributed by atoms with Gasteiger partial charge in [0, 0.05) is 24.2 Å². The molecule has 168 valence electrons. The number of carboxylic acid groups (broad SMARTS) is 1. The Kier molecular flexibility index (Phi) is 6.13. The molecule has 1 atom stereocenters. The first-order chi connectivity index (χ1) is 15.8. The third-order valence-corrected chi connectivity index (χ3v) is 5.62. The third-order valence-electron chi connectivity index (χ3n) is 4.83. The Morgan fingerprint density at radius 1 is 1.24 bits per heavy atom. The summed E-state index contributed by atoms with van der Waals surface area (Å²) in [5.41, 5.74) is 4.54. The number of nitrogens with one attached hydrogen (secondary N) is 1. The molecule has 11 heteroatoms. The Labute approximate surface area is 192 Å². The maximum absolute atomic E-state index is 11.5. The summed E-state index contributed by atoms with van der Waals surface area (Å²) in [5.74, 6) is 0.140. The highest BCUT2D eigenvalue weighted by Crippen LogP contribution is 2.28. The van der Waals surface area contributed by atoms with E-state index in [4.69, 9.17) is 9.84 Å². The van der Waals surface area contributed by atoms with Crippen molar-refractivity contribution >= 4 is 39.0 Å². The first-order valence-electron chi connectivity index (χ1n) is 9.90. The lowest BCUT2D eigenvalue weighted by Gasteiger charge is -2.13. The average molecular weight is 465 g/mol. The highest BCUT2D eigenvalue weighted by atomic mass is 32.1. The first-order valence-corrected chi connectivity index (χ1v) is 10.8. The Bertz CT molecular complexity index is 1360. The number of fused-ring (bicyclic) bond motifs is 1. The van der Waals surface area contributed by atoms with Gasteiger partial charge in [-0.15, -0.1) is 11.3 Å². The number of aliphatic carboxylic acids is 1. The molecule has 10 nitrogen and oxygen atoms in total. The Morgan fingerprint density at radius 2 is 2.06 bits per heavy atom. The van der Waals surface area contributed by atoms with Crippen molar-refractivity contribution in [1.82, 2.24) is 15.0 Å². The lowest BCUT2D eigenvalue weighted by Crippen LogP contribution is -2.23. The molecule has 1 unspecified atom stereocenters. The average Bonchev–Trinajstić information content (AvgIpc) is 3.25. The van der Waals surface area contributed by atoms with Crippen LogP contribution in [0.15, 0.2) is 48.0 Å². The molecule has 2 aromatic carbocycles. The van der Waals surface area contributed by atoms with Crippen molar-refractivity contribution in [3.8, 4) is 17.0 Å². The first kappa shape index (κ1) is 22.1. The van der Waals surface area contributed by atoms with Crippen LogP contribution < -0.4 is 10.1 Å². The summed E-state index contributed by atoms with van der Waals surface area (Å²) < 4.78 is 6.39. The molecular formula is C22H19N5O5S. The standard InChI is InChI=1S/C22H19N5O5S/c1-12(22(28)29)32-16-4-6-19(27(30)31)15(7-16)10-23-21-9-18(25-13(2)26-21)14-3-5-17-20(8-14)33-11-24-17/h3-9,11-12H,10H2,1-2H3,(H,28,29)(H,23,25,26). The van der Waals surface area contributed by atoms with Gasteiger partial charge in [0.2, 0.25) is 0 Å². The predicted octanol–water partition coefficient (Wildman–Crippen LogP) is 4.43. The zero-order valence-electron chi connectivity index (χ0n) is 17.7. The summed E-state index contributed by atoms with van der Waals surface area (Å²) in [6.07, 6.45) is -1.09. The van der Waals surface area contributed by atoms with Gasteiger partial charge in [-0.05, 0) is 38.1 Å². The summed E-state index contributed by atoms with van der Waals surface area (Å²) in [4.78, 5) is 35.2. The van der Waals surface area contributed by atoms with E-state index < -0.39 is 17.0 Å². The van der Waals surface area contributed by atoms with E-state index in [1.54, 1.807) is 29.8 Å². The number of aryl methyl sites for hydroxylation is 1. The molecule has 0 bridgehead atoms. The number of hydrogen-bond acceptors (Lipinski definition) is 9. The highest BCUT2D eigenvalue weighted by Gasteiger charge is 2.18. The molecule has 0 saturated heterocycles. The largest absolute Gasteiger partial charge is 0.479 e. The van der Waals surface area contributed by atoms with Gasteiger partial charge in [0.25, 0.3) is 5.69 Å². The van der Waals surface area contributed by atoms with Crippen molar-refractivity contribution < 1.29 is 19.6 Å². The zero-order chi connectivity index (χ0) is 23.5. The van der Waals surface area contributed by atoms with Gasteiger partial charge in [0.05, 0.1) is 31.9 Å². The van der Waals surface area contributed by atoms with E-state index in [1.165, 1.54) is 25.1 Å². The number of anilines is 1. The van der Waals surface area contributed by atoms with Crippen molar-refractivity contribution in [2.75, 3.05) is 5.32 Å². The van der Waals surface area contributed by atoms with E-state index in [9.17, 15) is 14.9 Å². The second kappa shape index (κ2) is 9.17. The minimum Gasteiger partial charge on any atom is -0.479 e. The number of nitro groups is 1. The molecule has 0 aliphatic heterocycles. The van der Waals surface area contributed by atoms with Gasteiger partial charge in [-0.1, -0.05) is 6.07 Å². The second-order valence-electron chi connectivity index (χ2n) is 7.22. The van der Waals surface area contributed by atoms with Crippen molar-refractivity contribution in [3.63, 3.8) is 0 Å². The van der Waals surface area contributed by atoms with Gasteiger partial charge in [-0.2, -0.15) is 0 Å². The highest BCUT2D eigenvalue weighted by molar-refractivity contribution is 7.16. The monoisotopic (exact) mass is 465 g/mol. The van der Waals surface area contributed by atoms with Crippen LogP contribution in [0.5, 0.6) is 5.75 Å². The predicted molar refractivity (Wildman–Crippen MR) is 124 cm³/mol. The number of hydrogen-bond donors (Lipinski definition) is 2. The fraction of sp³-hybridized carbons (Fsp3) is 0.182. The van der Waals surface area contributed by atoms with Crippen molar-refractivity contribution in [3.05, 3.63) is 69.5 Å². The third kappa shape index (κ3) is 5.04. The Balaban J connectivity index is 1.59. The number of aromatic nitrogens is 3. The molecule has 0 aliphatic rings. The van der Waals surface area contributed by atoms with Crippen LogP contribution in [-0.2, 0) is 11.3 Å². The maximum atomic E-state index is 11.5. The summed E-state index contributed by atoms with van der Waals surface area (Å²) in [5, 5.41) is 23.6. The molecule has 0 amide bonds. The van der Waals surface area contributed by atoms with Crippen LogP contribution in [0.4, 0.5) is 11.5 Å². The number of nitro benzene ring substituents is 1. The van der Waals surface area contributed by atoms with Crippen LogP contribution in [0.3, 0.4) is 0 Å². The number of nitrogens with zero attached hydrogens (tertiary/aromatic N) is 4. The van der Waals surface area contributed by atoms with E-state index >= 15 is 0 Å². The summed E-state index contributed by atoms with van der Waals surface area (Å²) in [6, 6.07) is 11.8. The molecule has 33 heavy (non-hydrogen) atoms. The van der Waals surface area contributed by atoms with Crippen LogP contribution in [0.25, 0.3) is 21.5 Å². The Morgan fingerprint density at radius 3 is 2.82 bits per heavy atom. The zero-order valence-corrected chi connectivity index (χ0v) is 18.5. The number of benzene rings is 2. The lowest BCUT2D eigenvalue weighted by atomic mass is 10.1. The van der Waals surface area contributed by atoms with Crippen molar-refractivity contribution in [2.45, 2.75) is 26.5 Å².